The summed E-state index contributed by atoms with van der Waals surface area (Å²) in [6, 6.07) is 14.0. The van der Waals surface area contributed by atoms with Crippen LogP contribution < -0.4 is 0 Å². The highest BCUT2D eigenvalue weighted by Gasteiger charge is 1.97. The van der Waals surface area contributed by atoms with Gasteiger partial charge >= 0.3 is 0 Å². The van der Waals surface area contributed by atoms with Crippen molar-refractivity contribution >= 4 is 22.5 Å². The molecule has 0 fully saturated rings. The zero-order chi connectivity index (χ0) is 14.9. The van der Waals surface area contributed by atoms with Crippen molar-refractivity contribution in [1.29, 1.82) is 0 Å². The zero-order valence-electron chi connectivity index (χ0n) is 11.6. The van der Waals surface area contributed by atoms with Crippen LogP contribution in [0.15, 0.2) is 61.1 Å². The van der Waals surface area contributed by atoms with E-state index in [2.05, 4.69) is 34.2 Å². The van der Waals surface area contributed by atoms with Gasteiger partial charge in [0.2, 0.25) is 0 Å². The maximum Gasteiger partial charge on any atom is 0.143 e. The van der Waals surface area contributed by atoms with Crippen molar-refractivity contribution in [3.8, 4) is 5.75 Å². The second-order valence-corrected chi connectivity index (χ2v) is 4.88. The Morgan fingerprint density at radius 3 is 2.52 bits per heavy atom. The Kier molecular flexibility index (Phi) is 5.98. The van der Waals surface area contributed by atoms with Gasteiger partial charge in [0.1, 0.15) is 5.75 Å². The molecule has 0 bridgehead atoms. The fourth-order valence-corrected chi connectivity index (χ4v) is 2.03. The Bertz CT molecular complexity index is 668. The fraction of sp³-hybridized carbons (Fsp3) is 0.176. The maximum absolute atomic E-state index is 9.27. The second-order valence-electron chi connectivity index (χ2n) is 4.51. The number of rotatable bonds is 3. The van der Waals surface area contributed by atoms with Crippen molar-refractivity contribution in [2.75, 3.05) is 5.88 Å². The van der Waals surface area contributed by atoms with Crippen LogP contribution in [-0.2, 0) is 6.42 Å². The third-order valence-corrected chi connectivity index (χ3v) is 3.22. The topological polar surface area (TPSA) is 46.0 Å². The van der Waals surface area contributed by atoms with Gasteiger partial charge in [0.15, 0.2) is 0 Å². The average Bonchev–Trinajstić information content (AvgIpc) is 2.55. The van der Waals surface area contributed by atoms with Crippen LogP contribution in [-0.4, -0.2) is 21.0 Å². The van der Waals surface area contributed by atoms with Crippen LogP contribution in [0.2, 0.25) is 0 Å². The van der Waals surface area contributed by atoms with E-state index < -0.39 is 0 Å². The van der Waals surface area contributed by atoms with E-state index in [1.54, 1.807) is 24.5 Å². The lowest BCUT2D eigenvalue weighted by Gasteiger charge is -1.96. The third kappa shape index (κ3) is 4.72. The number of benzene rings is 1. The minimum absolute atomic E-state index is 0.176. The molecular weight excluding hydrogens is 284 g/mol. The first-order valence-electron chi connectivity index (χ1n) is 6.79. The summed E-state index contributed by atoms with van der Waals surface area (Å²) in [6.45, 7) is 0. The highest BCUT2D eigenvalue weighted by Crippen LogP contribution is 2.19. The molecule has 0 saturated heterocycles. The van der Waals surface area contributed by atoms with Crippen molar-refractivity contribution < 1.29 is 5.11 Å². The maximum atomic E-state index is 9.27. The summed E-state index contributed by atoms with van der Waals surface area (Å²) >= 11 is 5.55. The normalized spacial score (nSPS) is 9.95. The van der Waals surface area contributed by atoms with Crippen molar-refractivity contribution in [3.05, 3.63) is 66.6 Å². The molecule has 0 aliphatic rings. The number of pyridine rings is 2. The van der Waals surface area contributed by atoms with E-state index in [-0.39, 0.29) is 5.75 Å². The molecule has 1 aromatic carbocycles. The first-order chi connectivity index (χ1) is 10.3. The van der Waals surface area contributed by atoms with Crippen LogP contribution in [0.5, 0.6) is 5.75 Å². The molecule has 3 rings (SSSR count). The molecule has 21 heavy (non-hydrogen) atoms. The largest absolute Gasteiger partial charge is 0.506 e. The standard InChI is InChI=1S/C9H11Cl.C8H6N2O/c10-8-4-7-9-5-2-1-3-6-9;11-8-5-9-4-7-6(8)2-1-3-10-7/h1-3,5-6H,4,7-8H2;1-5,11H. The van der Waals surface area contributed by atoms with Crippen molar-refractivity contribution in [2.45, 2.75) is 12.8 Å². The number of nitrogens with zero attached hydrogens (tertiary/aromatic N) is 2. The van der Waals surface area contributed by atoms with E-state index in [0.29, 0.717) is 5.52 Å². The van der Waals surface area contributed by atoms with Crippen LogP contribution in [0.4, 0.5) is 0 Å². The van der Waals surface area contributed by atoms with Gasteiger partial charge in [-0.05, 0) is 30.5 Å². The molecule has 3 aromatic rings. The Morgan fingerprint density at radius 1 is 1.00 bits per heavy atom. The minimum Gasteiger partial charge on any atom is -0.506 e. The van der Waals surface area contributed by atoms with E-state index in [4.69, 9.17) is 11.6 Å². The van der Waals surface area contributed by atoms with Crippen molar-refractivity contribution in [3.63, 3.8) is 0 Å². The molecule has 0 atom stereocenters. The van der Waals surface area contributed by atoms with Gasteiger partial charge < -0.3 is 5.11 Å². The second kappa shape index (κ2) is 8.22. The lowest BCUT2D eigenvalue weighted by atomic mass is 10.1. The Hall–Kier alpha value is -2.13. The van der Waals surface area contributed by atoms with Crippen LogP contribution in [0.1, 0.15) is 12.0 Å². The van der Waals surface area contributed by atoms with Gasteiger partial charge in [0.25, 0.3) is 0 Å². The molecule has 1 N–H and O–H groups in total. The fourth-order valence-electron chi connectivity index (χ4n) is 1.90. The zero-order valence-corrected chi connectivity index (χ0v) is 12.4. The highest BCUT2D eigenvalue weighted by molar-refractivity contribution is 6.17. The number of aryl methyl sites for hydroxylation is 1. The number of halogens is 1. The Morgan fingerprint density at radius 2 is 1.81 bits per heavy atom. The number of aromatic hydroxyl groups is 1. The van der Waals surface area contributed by atoms with Crippen LogP contribution in [0.25, 0.3) is 10.9 Å². The molecule has 0 aliphatic carbocycles. The molecule has 2 heterocycles. The SMILES string of the molecule is ClCCCc1ccccc1.Oc1cncc2ncccc12. The summed E-state index contributed by atoms with van der Waals surface area (Å²) in [7, 11) is 0. The van der Waals surface area contributed by atoms with E-state index in [1.807, 2.05) is 6.07 Å². The van der Waals surface area contributed by atoms with E-state index >= 15 is 0 Å². The van der Waals surface area contributed by atoms with Gasteiger partial charge in [-0.1, -0.05) is 30.3 Å². The van der Waals surface area contributed by atoms with E-state index in [0.717, 1.165) is 24.1 Å². The predicted octanol–water partition coefficient (Wildman–Crippen LogP) is 4.19. The molecule has 0 radical (unpaired) electrons. The monoisotopic (exact) mass is 300 g/mol. The van der Waals surface area contributed by atoms with Crippen molar-refractivity contribution in [2.24, 2.45) is 0 Å². The summed E-state index contributed by atoms with van der Waals surface area (Å²) in [6.07, 6.45) is 6.87. The molecule has 0 spiro atoms. The highest BCUT2D eigenvalue weighted by atomic mass is 35.5. The predicted molar refractivity (Wildman–Crippen MR) is 86.7 cm³/mol. The lowest BCUT2D eigenvalue weighted by molar-refractivity contribution is 0.479. The lowest BCUT2D eigenvalue weighted by Crippen LogP contribution is -1.83. The number of hydrogen-bond donors (Lipinski definition) is 1. The first-order valence-corrected chi connectivity index (χ1v) is 7.32. The van der Waals surface area contributed by atoms with Gasteiger partial charge in [-0.25, -0.2) is 0 Å². The number of hydrogen-bond acceptors (Lipinski definition) is 3. The summed E-state index contributed by atoms with van der Waals surface area (Å²) in [5.74, 6) is 0.935. The smallest absolute Gasteiger partial charge is 0.143 e. The molecule has 3 nitrogen and oxygen atoms in total. The van der Waals surface area contributed by atoms with Gasteiger partial charge in [0.05, 0.1) is 17.9 Å². The Balaban J connectivity index is 0.000000155. The molecule has 4 heteroatoms. The average molecular weight is 301 g/mol. The molecule has 0 unspecified atom stereocenters. The van der Waals surface area contributed by atoms with Gasteiger partial charge in [-0.2, -0.15) is 0 Å². The number of alkyl halides is 1. The van der Waals surface area contributed by atoms with Gasteiger partial charge in [-0.3, -0.25) is 9.97 Å². The number of aromatic nitrogens is 2. The molecule has 0 amide bonds. The van der Waals surface area contributed by atoms with Gasteiger partial charge in [-0.15, -0.1) is 11.6 Å². The number of fused-ring (bicyclic) bond motifs is 1. The summed E-state index contributed by atoms with van der Waals surface area (Å²) < 4.78 is 0. The quantitative estimate of drug-likeness (QED) is 0.738. The van der Waals surface area contributed by atoms with Crippen LogP contribution in [0.3, 0.4) is 0 Å². The summed E-state index contributed by atoms with van der Waals surface area (Å²) in [5.41, 5.74) is 2.09. The van der Waals surface area contributed by atoms with E-state index in [1.165, 1.54) is 11.8 Å². The molecule has 0 saturated carbocycles. The molecular formula is C17H17ClN2O. The molecule has 108 valence electrons. The summed E-state index contributed by atoms with van der Waals surface area (Å²) in [4.78, 5) is 7.82. The van der Waals surface area contributed by atoms with Crippen LogP contribution in [0, 0.1) is 0 Å². The first kappa shape index (κ1) is 15.3. The van der Waals surface area contributed by atoms with Crippen LogP contribution >= 0.6 is 11.6 Å². The van der Waals surface area contributed by atoms with E-state index in [9.17, 15) is 5.11 Å². The van der Waals surface area contributed by atoms with Gasteiger partial charge in [0, 0.05) is 17.5 Å². The Labute approximate surface area is 129 Å². The van der Waals surface area contributed by atoms with Crippen molar-refractivity contribution in [1.82, 2.24) is 9.97 Å². The molecule has 0 aliphatic heterocycles. The molecule has 2 aromatic heterocycles. The summed E-state index contributed by atoms with van der Waals surface area (Å²) in [5, 5.41) is 10.0. The minimum atomic E-state index is 0.176. The third-order valence-electron chi connectivity index (χ3n) is 2.95.